The van der Waals surface area contributed by atoms with Crippen LogP contribution in [0, 0.1) is 11.8 Å². The molecule has 24 heavy (non-hydrogen) atoms. The summed E-state index contributed by atoms with van der Waals surface area (Å²) in [4.78, 5) is 33.9. The number of carbonyl (C=O) groups excluding carboxylic acids is 2. The number of rotatable bonds is 5. The number of hydrogen-bond donors (Lipinski definition) is 3. The smallest absolute Gasteiger partial charge is 0.272 e. The predicted octanol–water partition coefficient (Wildman–Crippen LogP) is 0.443. The van der Waals surface area contributed by atoms with E-state index in [1.54, 1.807) is 11.7 Å². The second kappa shape index (κ2) is 7.12. The van der Waals surface area contributed by atoms with Crippen molar-refractivity contribution >= 4 is 24.0 Å². The summed E-state index contributed by atoms with van der Waals surface area (Å²) < 4.78 is 0. The van der Waals surface area contributed by atoms with Gasteiger partial charge in [0.25, 0.3) is 5.91 Å². The third kappa shape index (κ3) is 3.48. The molecule has 1 saturated carbocycles. The number of carbonyl (C=O) groups is 2. The quantitative estimate of drug-likeness (QED) is 0.501. The van der Waals surface area contributed by atoms with Crippen molar-refractivity contribution in [3.8, 4) is 0 Å². The van der Waals surface area contributed by atoms with Crippen molar-refractivity contribution < 1.29 is 14.8 Å². The molecule has 8 nitrogen and oxygen atoms in total. The van der Waals surface area contributed by atoms with Crippen LogP contribution in [0.25, 0.3) is 0 Å². The molecule has 3 rings (SSSR count). The predicted molar refractivity (Wildman–Crippen MR) is 88.6 cm³/mol. The van der Waals surface area contributed by atoms with Gasteiger partial charge in [-0.1, -0.05) is 13.3 Å². The van der Waals surface area contributed by atoms with E-state index in [1.165, 1.54) is 6.20 Å². The number of aliphatic imine (C=N–C) groups is 2. The van der Waals surface area contributed by atoms with Crippen molar-refractivity contribution in [2.24, 2.45) is 21.8 Å². The van der Waals surface area contributed by atoms with Gasteiger partial charge < -0.3 is 10.2 Å². The molecule has 0 radical (unpaired) electrons. The van der Waals surface area contributed by atoms with Crippen LogP contribution in [0.4, 0.5) is 0 Å². The number of nitrogens with zero attached hydrogens (tertiary/aromatic N) is 3. The highest BCUT2D eigenvalue weighted by molar-refractivity contribution is 5.99. The number of hydrogen-bond acceptors (Lipinski definition) is 6. The second-order valence-corrected chi connectivity index (χ2v) is 6.47. The van der Waals surface area contributed by atoms with Gasteiger partial charge in [0.05, 0.1) is 0 Å². The third-order valence-corrected chi connectivity index (χ3v) is 4.81. The van der Waals surface area contributed by atoms with Crippen molar-refractivity contribution in [1.29, 1.82) is 0 Å². The van der Waals surface area contributed by atoms with Crippen LogP contribution >= 0.6 is 0 Å². The Bertz CT molecular complexity index is 601. The standard InChI is InChI=1S/C16H23N5O3/c1-2-3-4-13(22)19-14-11-8-21(9-12(11)14)16-17-6-5-10(7-18-16)15(23)20-24/h6-7,11-12,14,24H,2-5,8-9H2,1H3,(H,19,22)(H,20,23). The van der Waals surface area contributed by atoms with E-state index in [9.17, 15) is 9.59 Å². The third-order valence-electron chi connectivity index (χ3n) is 4.81. The van der Waals surface area contributed by atoms with Gasteiger partial charge in [0.1, 0.15) is 0 Å². The zero-order valence-corrected chi connectivity index (χ0v) is 13.7. The lowest BCUT2D eigenvalue weighted by atomic mass is 10.2. The number of piperidine rings is 1. The molecule has 2 heterocycles. The van der Waals surface area contributed by atoms with Crippen LogP contribution in [-0.4, -0.2) is 53.2 Å². The van der Waals surface area contributed by atoms with E-state index in [0.717, 1.165) is 25.9 Å². The van der Waals surface area contributed by atoms with Crippen LogP contribution in [-0.2, 0) is 9.59 Å². The summed E-state index contributed by atoms with van der Waals surface area (Å²) in [5.41, 5.74) is 1.97. The Morgan fingerprint density at radius 3 is 2.79 bits per heavy atom. The van der Waals surface area contributed by atoms with Gasteiger partial charge in [0, 0.05) is 61.8 Å². The zero-order chi connectivity index (χ0) is 17.1. The Morgan fingerprint density at radius 2 is 2.12 bits per heavy atom. The van der Waals surface area contributed by atoms with Gasteiger partial charge in [-0.25, -0.2) is 15.5 Å². The van der Waals surface area contributed by atoms with E-state index >= 15 is 0 Å². The molecule has 0 bridgehead atoms. The van der Waals surface area contributed by atoms with Crippen molar-refractivity contribution in [2.75, 3.05) is 13.1 Å². The largest absolute Gasteiger partial charge is 0.353 e. The molecule has 0 aromatic heterocycles. The fourth-order valence-corrected chi connectivity index (χ4v) is 3.33. The molecule has 2 unspecified atom stereocenters. The Hall–Kier alpha value is -2.22. The number of amides is 2. The lowest BCUT2D eigenvalue weighted by Crippen LogP contribution is -2.36. The summed E-state index contributed by atoms with van der Waals surface area (Å²) in [7, 11) is 0. The topological polar surface area (TPSA) is 106 Å². The zero-order valence-electron chi connectivity index (χ0n) is 13.7. The van der Waals surface area contributed by atoms with Gasteiger partial charge in [-0.15, -0.1) is 0 Å². The summed E-state index contributed by atoms with van der Waals surface area (Å²) >= 11 is 0. The molecule has 2 atom stereocenters. The number of fused-ring (bicyclic) bond motifs is 1. The summed E-state index contributed by atoms with van der Waals surface area (Å²) in [5, 5.41) is 11.8. The summed E-state index contributed by atoms with van der Waals surface area (Å²) in [6.45, 7) is 3.71. The maximum Gasteiger partial charge on any atom is 0.272 e. The first-order valence-corrected chi connectivity index (χ1v) is 8.42. The van der Waals surface area contributed by atoms with Crippen molar-refractivity contribution in [3.63, 3.8) is 0 Å². The first kappa shape index (κ1) is 16.6. The molecule has 2 fully saturated rings. The molecule has 2 amide bonds. The average Bonchev–Trinajstić information content (AvgIpc) is 3.12. The van der Waals surface area contributed by atoms with Gasteiger partial charge in [-0.05, 0) is 6.42 Å². The lowest BCUT2D eigenvalue weighted by molar-refractivity contribution is -0.125. The average molecular weight is 333 g/mol. The van der Waals surface area contributed by atoms with Crippen LogP contribution in [0.3, 0.4) is 0 Å². The summed E-state index contributed by atoms with van der Waals surface area (Å²) in [6, 6.07) is 0.284. The van der Waals surface area contributed by atoms with Crippen molar-refractivity contribution in [2.45, 2.75) is 38.6 Å². The van der Waals surface area contributed by atoms with E-state index in [-0.39, 0.29) is 11.9 Å². The summed E-state index contributed by atoms with van der Waals surface area (Å²) in [5.74, 6) is 1.08. The number of likely N-dealkylation sites (tertiary alicyclic amines) is 1. The highest BCUT2D eigenvalue weighted by atomic mass is 16.5. The van der Waals surface area contributed by atoms with Crippen LogP contribution in [0.1, 0.15) is 32.6 Å². The number of nitrogens with one attached hydrogen (secondary N) is 2. The molecule has 1 saturated heterocycles. The first-order chi connectivity index (χ1) is 11.6. The maximum absolute atomic E-state index is 11.8. The van der Waals surface area contributed by atoms with Gasteiger partial charge in [-0.2, -0.15) is 0 Å². The van der Waals surface area contributed by atoms with E-state index in [4.69, 9.17) is 5.21 Å². The molecule has 1 aliphatic carbocycles. The maximum atomic E-state index is 11.8. The van der Waals surface area contributed by atoms with Crippen molar-refractivity contribution in [3.05, 3.63) is 11.8 Å². The van der Waals surface area contributed by atoms with Gasteiger partial charge in [-0.3, -0.25) is 14.8 Å². The molecular formula is C16H23N5O3. The molecule has 130 valence electrons. The van der Waals surface area contributed by atoms with Crippen LogP contribution in [0.2, 0.25) is 0 Å². The molecular weight excluding hydrogens is 310 g/mol. The van der Waals surface area contributed by atoms with Gasteiger partial charge in [0.15, 0.2) is 0 Å². The van der Waals surface area contributed by atoms with E-state index in [1.807, 2.05) is 0 Å². The van der Waals surface area contributed by atoms with Crippen LogP contribution in [0.15, 0.2) is 21.8 Å². The fraction of sp³-hybridized carbons (Fsp3) is 0.625. The second-order valence-electron chi connectivity index (χ2n) is 6.47. The Labute approximate surface area is 140 Å². The van der Waals surface area contributed by atoms with Crippen LogP contribution < -0.4 is 10.8 Å². The Kier molecular flexibility index (Phi) is 4.94. The Morgan fingerprint density at radius 1 is 1.38 bits per heavy atom. The molecule has 0 spiro atoms. The molecule has 3 aliphatic rings. The fourth-order valence-electron chi connectivity index (χ4n) is 3.33. The SMILES string of the molecule is CCCCC(=O)NC1C2CN(C3=NC=C(C(=O)NO)CC=N3)CC21. The number of guanidine groups is 1. The lowest BCUT2D eigenvalue weighted by Gasteiger charge is -2.20. The van der Waals surface area contributed by atoms with Crippen LogP contribution in [0.5, 0.6) is 0 Å². The highest BCUT2D eigenvalue weighted by Crippen LogP contribution is 2.45. The normalized spacial score (nSPS) is 27.8. The van der Waals surface area contributed by atoms with E-state index < -0.39 is 5.91 Å². The molecule has 2 aliphatic heterocycles. The first-order valence-electron chi connectivity index (χ1n) is 8.42. The number of hydroxylamine groups is 1. The minimum Gasteiger partial charge on any atom is -0.353 e. The molecule has 8 heteroatoms. The monoisotopic (exact) mass is 333 g/mol. The van der Waals surface area contributed by atoms with E-state index in [2.05, 4.69) is 27.1 Å². The Balaban J connectivity index is 1.52. The molecule has 0 aromatic rings. The van der Waals surface area contributed by atoms with Gasteiger partial charge >= 0.3 is 0 Å². The number of unbranched alkanes of at least 4 members (excludes halogenated alkanes) is 1. The highest BCUT2D eigenvalue weighted by Gasteiger charge is 2.57. The minimum absolute atomic E-state index is 0.148. The molecule has 3 N–H and O–H groups in total. The van der Waals surface area contributed by atoms with Crippen molar-refractivity contribution in [1.82, 2.24) is 15.7 Å². The molecule has 0 aromatic carbocycles. The van der Waals surface area contributed by atoms with Gasteiger partial charge in [0.2, 0.25) is 11.9 Å². The minimum atomic E-state index is -0.564. The summed E-state index contributed by atoms with van der Waals surface area (Å²) in [6.07, 6.45) is 5.97. The van der Waals surface area contributed by atoms with E-state index in [0.29, 0.717) is 36.2 Å².